The van der Waals surface area contributed by atoms with Crippen LogP contribution in [0.15, 0.2) is 73.1 Å². The van der Waals surface area contributed by atoms with Crippen LogP contribution >= 0.6 is 11.6 Å². The molecule has 2 aromatic carbocycles. The molecule has 0 spiro atoms. The molecule has 0 aliphatic carbocycles. The summed E-state index contributed by atoms with van der Waals surface area (Å²) in [5.74, 6) is 0. The molecule has 1 N–H and O–H groups in total. The lowest BCUT2D eigenvalue weighted by molar-refractivity contribution is 0.154. The fraction of sp³-hybridized carbons (Fsp3) is 0.227. The third-order valence-electron chi connectivity index (χ3n) is 4.98. The quantitative estimate of drug-likeness (QED) is 0.737. The number of pyridine rings is 1. The van der Waals surface area contributed by atoms with Crippen LogP contribution in [0.25, 0.3) is 11.1 Å². The van der Waals surface area contributed by atoms with Crippen molar-refractivity contribution in [2.24, 2.45) is 0 Å². The lowest BCUT2D eigenvalue weighted by atomic mass is 9.99. The van der Waals surface area contributed by atoms with Crippen LogP contribution in [0.2, 0.25) is 5.02 Å². The van der Waals surface area contributed by atoms with Crippen molar-refractivity contribution in [1.29, 1.82) is 0 Å². The first kappa shape index (κ1) is 17.2. The van der Waals surface area contributed by atoms with Gasteiger partial charge in [0, 0.05) is 55.2 Å². The van der Waals surface area contributed by atoms with E-state index in [9.17, 15) is 0 Å². The van der Waals surface area contributed by atoms with Gasteiger partial charge in [-0.15, -0.1) is 0 Å². The molecule has 1 aliphatic heterocycles. The Morgan fingerprint density at radius 3 is 2.65 bits per heavy atom. The van der Waals surface area contributed by atoms with E-state index >= 15 is 0 Å². The van der Waals surface area contributed by atoms with Crippen LogP contribution in [0.4, 0.5) is 0 Å². The number of benzene rings is 2. The lowest BCUT2D eigenvalue weighted by Gasteiger charge is -2.37. The highest BCUT2D eigenvalue weighted by molar-refractivity contribution is 6.30. The topological polar surface area (TPSA) is 28.2 Å². The normalized spacial score (nSPS) is 18.0. The number of halogens is 1. The van der Waals surface area contributed by atoms with E-state index in [-0.39, 0.29) is 0 Å². The molecule has 1 aliphatic rings. The molecule has 1 atom stereocenters. The summed E-state index contributed by atoms with van der Waals surface area (Å²) in [5, 5.41) is 4.31. The summed E-state index contributed by atoms with van der Waals surface area (Å²) in [4.78, 5) is 6.90. The molecule has 0 radical (unpaired) electrons. The van der Waals surface area contributed by atoms with Crippen LogP contribution in [0.3, 0.4) is 0 Å². The van der Waals surface area contributed by atoms with Crippen molar-refractivity contribution in [2.75, 3.05) is 19.6 Å². The van der Waals surface area contributed by atoms with E-state index in [2.05, 4.69) is 57.7 Å². The average molecular weight is 364 g/mol. The zero-order chi connectivity index (χ0) is 17.8. The first-order chi connectivity index (χ1) is 12.8. The maximum absolute atomic E-state index is 6.07. The van der Waals surface area contributed by atoms with Gasteiger partial charge in [0.1, 0.15) is 0 Å². The van der Waals surface area contributed by atoms with Crippen LogP contribution < -0.4 is 5.32 Å². The van der Waals surface area contributed by atoms with Crippen molar-refractivity contribution in [3.63, 3.8) is 0 Å². The number of hydrogen-bond acceptors (Lipinski definition) is 3. The summed E-state index contributed by atoms with van der Waals surface area (Å²) >= 11 is 6.07. The predicted molar refractivity (Wildman–Crippen MR) is 107 cm³/mol. The van der Waals surface area contributed by atoms with Gasteiger partial charge in [-0.2, -0.15) is 0 Å². The molecule has 2 heterocycles. The molecular weight excluding hydrogens is 342 g/mol. The smallest absolute Gasteiger partial charge is 0.0476 e. The maximum atomic E-state index is 6.07. The number of aromatic nitrogens is 1. The molecule has 3 aromatic rings. The molecule has 1 saturated heterocycles. The van der Waals surface area contributed by atoms with E-state index in [1.165, 1.54) is 22.3 Å². The summed E-state index contributed by atoms with van der Waals surface area (Å²) in [6.07, 6.45) is 3.87. The highest BCUT2D eigenvalue weighted by Crippen LogP contribution is 2.29. The van der Waals surface area contributed by atoms with Gasteiger partial charge in [-0.1, -0.05) is 54.1 Å². The summed E-state index contributed by atoms with van der Waals surface area (Å²) in [6, 6.07) is 21.2. The Bertz CT molecular complexity index is 849. The minimum Gasteiger partial charge on any atom is -0.314 e. The minimum atomic E-state index is 0.345. The Morgan fingerprint density at radius 1 is 1.04 bits per heavy atom. The molecule has 0 unspecified atom stereocenters. The third-order valence-corrected chi connectivity index (χ3v) is 5.23. The largest absolute Gasteiger partial charge is 0.314 e. The van der Waals surface area contributed by atoms with Gasteiger partial charge in [0.25, 0.3) is 0 Å². The summed E-state index contributed by atoms with van der Waals surface area (Å²) < 4.78 is 0. The number of rotatable bonds is 4. The molecule has 0 amide bonds. The summed E-state index contributed by atoms with van der Waals surface area (Å²) in [6.45, 7) is 3.88. The first-order valence-electron chi connectivity index (χ1n) is 9.00. The van der Waals surface area contributed by atoms with Gasteiger partial charge in [0.05, 0.1) is 0 Å². The van der Waals surface area contributed by atoms with Gasteiger partial charge in [-0.05, 0) is 34.9 Å². The molecule has 4 rings (SSSR count). The Kier molecular flexibility index (Phi) is 5.30. The Hall–Kier alpha value is -2.20. The van der Waals surface area contributed by atoms with Crippen molar-refractivity contribution in [1.82, 2.24) is 15.2 Å². The second kappa shape index (κ2) is 8.00. The van der Waals surface area contributed by atoms with Gasteiger partial charge >= 0.3 is 0 Å². The van der Waals surface area contributed by atoms with Gasteiger partial charge < -0.3 is 5.32 Å². The van der Waals surface area contributed by atoms with Gasteiger partial charge in [-0.3, -0.25) is 9.88 Å². The van der Waals surface area contributed by atoms with Crippen molar-refractivity contribution in [2.45, 2.75) is 12.6 Å². The Labute approximate surface area is 159 Å². The molecule has 4 heteroatoms. The van der Waals surface area contributed by atoms with Gasteiger partial charge in [-0.25, -0.2) is 0 Å². The van der Waals surface area contributed by atoms with Crippen LogP contribution in [0.1, 0.15) is 17.2 Å². The van der Waals surface area contributed by atoms with E-state index in [0.717, 1.165) is 31.2 Å². The lowest BCUT2D eigenvalue weighted by Crippen LogP contribution is -2.45. The van der Waals surface area contributed by atoms with Crippen LogP contribution in [-0.2, 0) is 6.54 Å². The van der Waals surface area contributed by atoms with Crippen LogP contribution in [-0.4, -0.2) is 29.5 Å². The third kappa shape index (κ3) is 3.80. The van der Waals surface area contributed by atoms with E-state index in [4.69, 9.17) is 11.6 Å². The van der Waals surface area contributed by atoms with Crippen LogP contribution in [0.5, 0.6) is 0 Å². The maximum Gasteiger partial charge on any atom is 0.0476 e. The van der Waals surface area contributed by atoms with Crippen molar-refractivity contribution in [3.05, 3.63) is 89.2 Å². The standard InChI is InChI=1S/C22H22ClN3/c23-20-8-6-18(7-9-20)22-15-25-12-13-26(22)16-19-10-11-24-14-21(19)17-4-2-1-3-5-17/h1-11,14,22,25H,12-13,15-16H2/t22-/m1/s1. The van der Waals surface area contributed by atoms with E-state index in [1.54, 1.807) is 0 Å². The molecule has 26 heavy (non-hydrogen) atoms. The summed E-state index contributed by atoms with van der Waals surface area (Å²) in [5.41, 5.74) is 5.04. The molecule has 3 nitrogen and oxygen atoms in total. The highest BCUT2D eigenvalue weighted by atomic mass is 35.5. The zero-order valence-corrected chi connectivity index (χ0v) is 15.4. The molecule has 132 valence electrons. The van der Waals surface area contributed by atoms with Crippen LogP contribution in [0, 0.1) is 0 Å². The first-order valence-corrected chi connectivity index (χ1v) is 9.37. The predicted octanol–water partition coefficient (Wildman–Crippen LogP) is 4.55. The Morgan fingerprint density at radius 2 is 1.85 bits per heavy atom. The average Bonchev–Trinajstić information content (AvgIpc) is 2.70. The number of hydrogen-bond donors (Lipinski definition) is 1. The number of nitrogens with zero attached hydrogens (tertiary/aromatic N) is 2. The second-order valence-electron chi connectivity index (χ2n) is 6.64. The molecule has 1 aromatic heterocycles. The zero-order valence-electron chi connectivity index (χ0n) is 14.6. The summed E-state index contributed by atoms with van der Waals surface area (Å²) in [7, 11) is 0. The second-order valence-corrected chi connectivity index (χ2v) is 7.08. The monoisotopic (exact) mass is 363 g/mol. The highest BCUT2D eigenvalue weighted by Gasteiger charge is 2.24. The van der Waals surface area contributed by atoms with E-state index in [0.29, 0.717) is 6.04 Å². The van der Waals surface area contributed by atoms with Crippen molar-refractivity contribution in [3.8, 4) is 11.1 Å². The molecule has 0 saturated carbocycles. The van der Waals surface area contributed by atoms with E-state index < -0.39 is 0 Å². The van der Waals surface area contributed by atoms with Gasteiger partial charge in [0.15, 0.2) is 0 Å². The van der Waals surface area contributed by atoms with Gasteiger partial charge in [0.2, 0.25) is 0 Å². The molecule has 0 bridgehead atoms. The minimum absolute atomic E-state index is 0.345. The fourth-order valence-electron chi connectivity index (χ4n) is 3.61. The molecule has 1 fully saturated rings. The SMILES string of the molecule is Clc1ccc([C@H]2CNCCN2Cc2ccncc2-c2ccccc2)cc1. The number of nitrogens with one attached hydrogen (secondary N) is 1. The molecular formula is C22H22ClN3. The number of piperazine rings is 1. The van der Waals surface area contributed by atoms with Crippen molar-refractivity contribution >= 4 is 11.6 Å². The van der Waals surface area contributed by atoms with E-state index in [1.807, 2.05) is 30.6 Å². The fourth-order valence-corrected chi connectivity index (χ4v) is 3.73. The van der Waals surface area contributed by atoms with Crippen molar-refractivity contribution < 1.29 is 0 Å². The Balaban J connectivity index is 1.62.